The van der Waals surface area contributed by atoms with Crippen molar-refractivity contribution in [1.82, 2.24) is 0 Å². The number of rotatable bonds is 2. The molecule has 0 saturated heterocycles. The Hall–Kier alpha value is -2.48. The molecule has 0 amide bonds. The van der Waals surface area contributed by atoms with Gasteiger partial charge in [-0.25, -0.2) is 0 Å². The highest BCUT2D eigenvalue weighted by molar-refractivity contribution is 5.60. The summed E-state index contributed by atoms with van der Waals surface area (Å²) >= 11 is 0. The van der Waals surface area contributed by atoms with E-state index in [9.17, 15) is 0 Å². The number of aryl methyl sites for hydroxylation is 2. The van der Waals surface area contributed by atoms with Crippen LogP contribution in [0.4, 0.5) is 11.4 Å². The van der Waals surface area contributed by atoms with E-state index < -0.39 is 0 Å². The van der Waals surface area contributed by atoms with E-state index in [-0.39, 0.29) is 0 Å². The topological polar surface area (TPSA) is 6.48 Å². The van der Waals surface area contributed by atoms with Crippen LogP contribution in [0.5, 0.6) is 0 Å². The third kappa shape index (κ3) is 14.8. The lowest BCUT2D eigenvalue weighted by Crippen LogP contribution is -2.35. The highest BCUT2D eigenvalue weighted by Gasteiger charge is 2.23. The Balaban J connectivity index is -0.000000236. The first-order valence-corrected chi connectivity index (χ1v) is 16.5. The standard InChI is InChI=1S/2C13H17N.6C2H6/c2*1-10(2)14-11(3)8-9-12-6-4-5-7-13(12)14;6*1-2/h2*4-7,11H,1,8-9H2,2-3H3;6*1-2H3. The molecule has 0 radical (unpaired) electrons. The van der Waals surface area contributed by atoms with Gasteiger partial charge in [-0.3, -0.25) is 0 Å². The number of hydrogen-bond acceptors (Lipinski definition) is 2. The van der Waals surface area contributed by atoms with E-state index in [4.69, 9.17) is 0 Å². The van der Waals surface area contributed by atoms with Crippen LogP contribution in [0.3, 0.4) is 0 Å². The van der Waals surface area contributed by atoms with Gasteiger partial charge >= 0.3 is 0 Å². The van der Waals surface area contributed by atoms with Crippen molar-refractivity contribution in [3.05, 3.63) is 84.2 Å². The zero-order valence-corrected chi connectivity index (χ0v) is 29.9. The summed E-state index contributed by atoms with van der Waals surface area (Å²) in [7, 11) is 0. The summed E-state index contributed by atoms with van der Waals surface area (Å²) in [5.74, 6) is 0. The third-order valence-electron chi connectivity index (χ3n) is 5.87. The Morgan fingerprint density at radius 2 is 0.775 bits per heavy atom. The molecule has 232 valence electrons. The highest BCUT2D eigenvalue weighted by atomic mass is 15.2. The molecule has 2 aliphatic heterocycles. The van der Waals surface area contributed by atoms with E-state index >= 15 is 0 Å². The first-order chi connectivity index (χ1) is 19.4. The van der Waals surface area contributed by atoms with Gasteiger partial charge in [-0.05, 0) is 76.6 Å². The molecule has 2 heterocycles. The largest absolute Gasteiger partial charge is 0.343 e. The summed E-state index contributed by atoms with van der Waals surface area (Å²) in [4.78, 5) is 4.69. The van der Waals surface area contributed by atoms with Crippen LogP contribution >= 0.6 is 0 Å². The fourth-order valence-electron chi connectivity index (χ4n) is 4.54. The number of fused-ring (bicyclic) bond motifs is 2. The van der Waals surface area contributed by atoms with Gasteiger partial charge in [0.25, 0.3) is 0 Å². The normalized spacial score (nSPS) is 15.2. The minimum absolute atomic E-state index is 0.586. The predicted molar refractivity (Wildman–Crippen MR) is 191 cm³/mol. The molecule has 0 spiro atoms. The summed E-state index contributed by atoms with van der Waals surface area (Å²) in [6.07, 6.45) is 4.84. The quantitative estimate of drug-likeness (QED) is 0.364. The van der Waals surface area contributed by atoms with Crippen molar-refractivity contribution >= 4 is 11.4 Å². The summed E-state index contributed by atoms with van der Waals surface area (Å²) in [5, 5.41) is 0. The SMILES string of the molecule is C=C(C)N1c2ccccc2CCC1C.C=C(C)N1c2ccccc2CCC1C.CC.CC.CC.CC.CC.CC. The van der Waals surface area contributed by atoms with Crippen LogP contribution < -0.4 is 9.80 Å². The van der Waals surface area contributed by atoms with Gasteiger partial charge in [0.05, 0.1) is 0 Å². The summed E-state index contributed by atoms with van der Waals surface area (Å²) < 4.78 is 0. The second kappa shape index (κ2) is 29.5. The van der Waals surface area contributed by atoms with E-state index in [0.29, 0.717) is 12.1 Å². The molecule has 2 heteroatoms. The van der Waals surface area contributed by atoms with Crippen molar-refractivity contribution in [2.24, 2.45) is 0 Å². The van der Waals surface area contributed by atoms with Crippen LogP contribution in [0, 0.1) is 0 Å². The van der Waals surface area contributed by atoms with Gasteiger partial charge in [0.2, 0.25) is 0 Å². The van der Waals surface area contributed by atoms with Crippen LogP contribution in [0.25, 0.3) is 0 Å². The molecule has 2 unspecified atom stereocenters. The average Bonchev–Trinajstić information content (AvgIpc) is 3.03. The van der Waals surface area contributed by atoms with Gasteiger partial charge in [0, 0.05) is 34.9 Å². The van der Waals surface area contributed by atoms with Crippen molar-refractivity contribution in [2.45, 2.75) is 149 Å². The van der Waals surface area contributed by atoms with Crippen molar-refractivity contribution in [1.29, 1.82) is 0 Å². The Kier molecular flexibility index (Phi) is 32.8. The molecule has 0 fully saturated rings. The van der Waals surface area contributed by atoms with E-state index in [1.54, 1.807) is 0 Å². The maximum absolute atomic E-state index is 4.05. The smallest absolute Gasteiger partial charge is 0.0443 e. The van der Waals surface area contributed by atoms with Gasteiger partial charge in [-0.2, -0.15) is 0 Å². The van der Waals surface area contributed by atoms with Gasteiger partial charge in [0.15, 0.2) is 0 Å². The zero-order valence-electron chi connectivity index (χ0n) is 29.9. The molecule has 2 nitrogen and oxygen atoms in total. The zero-order chi connectivity index (χ0) is 32.3. The molecule has 0 saturated carbocycles. The minimum atomic E-state index is 0.586. The van der Waals surface area contributed by atoms with Crippen LogP contribution in [-0.2, 0) is 12.8 Å². The highest BCUT2D eigenvalue weighted by Crippen LogP contribution is 2.33. The number of allylic oxidation sites excluding steroid dienone is 2. The van der Waals surface area contributed by atoms with Crippen LogP contribution in [0.2, 0.25) is 0 Å². The van der Waals surface area contributed by atoms with Crippen LogP contribution in [0.15, 0.2) is 73.1 Å². The molecule has 4 rings (SSSR count). The fourth-order valence-corrected chi connectivity index (χ4v) is 4.54. The molecule has 2 atom stereocenters. The van der Waals surface area contributed by atoms with Gasteiger partial charge < -0.3 is 9.80 Å². The Morgan fingerprint density at radius 3 is 1.02 bits per heavy atom. The summed E-state index contributed by atoms with van der Waals surface area (Å²) in [5.41, 5.74) is 7.88. The summed E-state index contributed by atoms with van der Waals surface area (Å²) in [6, 6.07) is 18.4. The molecular formula is C38H70N2. The third-order valence-corrected chi connectivity index (χ3v) is 5.87. The molecule has 0 bridgehead atoms. The second-order valence-electron chi connectivity index (χ2n) is 8.24. The molecule has 0 N–H and O–H groups in total. The van der Waals surface area contributed by atoms with Gasteiger partial charge in [-0.1, -0.05) is 133 Å². The van der Waals surface area contributed by atoms with E-state index in [1.165, 1.54) is 48.2 Å². The van der Waals surface area contributed by atoms with Gasteiger partial charge in [-0.15, -0.1) is 0 Å². The van der Waals surface area contributed by atoms with Crippen molar-refractivity contribution in [3.63, 3.8) is 0 Å². The molecule has 2 aromatic rings. The molecule has 40 heavy (non-hydrogen) atoms. The van der Waals surface area contributed by atoms with E-state index in [2.05, 4.69) is 99.2 Å². The lowest BCUT2D eigenvalue weighted by molar-refractivity contribution is 0.601. The molecule has 2 aliphatic rings. The first kappa shape index (κ1) is 44.5. The maximum Gasteiger partial charge on any atom is 0.0443 e. The number of benzene rings is 2. The maximum atomic E-state index is 4.05. The minimum Gasteiger partial charge on any atom is -0.343 e. The van der Waals surface area contributed by atoms with E-state index in [0.717, 1.165) is 11.4 Å². The Labute approximate surface area is 253 Å². The average molecular weight is 555 g/mol. The van der Waals surface area contributed by atoms with Crippen molar-refractivity contribution in [2.75, 3.05) is 9.80 Å². The monoisotopic (exact) mass is 555 g/mol. The molecule has 0 aromatic heterocycles. The number of hydrogen-bond donors (Lipinski definition) is 0. The van der Waals surface area contributed by atoms with Gasteiger partial charge in [0.1, 0.15) is 0 Å². The molecule has 2 aromatic carbocycles. The Morgan fingerprint density at radius 1 is 0.525 bits per heavy atom. The van der Waals surface area contributed by atoms with Crippen molar-refractivity contribution in [3.8, 4) is 0 Å². The second-order valence-corrected chi connectivity index (χ2v) is 8.24. The number of para-hydroxylation sites is 2. The molecular weight excluding hydrogens is 484 g/mol. The Bertz CT molecular complexity index is 781. The fraction of sp³-hybridized carbons (Fsp3) is 0.579. The first-order valence-electron chi connectivity index (χ1n) is 16.5. The predicted octanol–water partition coefficient (Wildman–Crippen LogP) is 12.9. The van der Waals surface area contributed by atoms with Crippen LogP contribution in [-0.4, -0.2) is 12.1 Å². The summed E-state index contributed by atoms with van der Waals surface area (Å²) in [6.45, 7) is 40.8. The van der Waals surface area contributed by atoms with Crippen LogP contribution in [0.1, 0.15) is 135 Å². The lowest BCUT2D eigenvalue weighted by Gasteiger charge is -2.37. The molecule has 0 aliphatic carbocycles. The van der Waals surface area contributed by atoms with Crippen molar-refractivity contribution < 1.29 is 0 Å². The van der Waals surface area contributed by atoms with E-state index in [1.807, 2.05) is 83.1 Å². The number of nitrogens with zero attached hydrogens (tertiary/aromatic N) is 2. The lowest BCUT2D eigenvalue weighted by atomic mass is 9.96. The number of anilines is 2.